The number of pyridine rings is 1. The van der Waals surface area contributed by atoms with Crippen molar-refractivity contribution in [2.45, 2.75) is 37.1 Å². The van der Waals surface area contributed by atoms with Crippen molar-refractivity contribution in [3.05, 3.63) is 48.2 Å². The summed E-state index contributed by atoms with van der Waals surface area (Å²) in [7, 11) is 0. The molecule has 0 radical (unpaired) electrons. The molecule has 10 heteroatoms. The number of thioether (sulfide) groups is 1. The smallest absolute Gasteiger partial charge is 0.417 e. The van der Waals surface area contributed by atoms with Crippen LogP contribution in [0.15, 0.2) is 47.6 Å². The summed E-state index contributed by atoms with van der Waals surface area (Å²) < 4.78 is 42.7. The molecule has 1 aromatic heterocycles. The van der Waals surface area contributed by atoms with E-state index in [1.807, 2.05) is 12.1 Å². The first-order valence-corrected chi connectivity index (χ1v) is 10.7. The molecule has 3 rings (SSSR count). The van der Waals surface area contributed by atoms with Crippen molar-refractivity contribution in [2.24, 2.45) is 0 Å². The number of anilines is 2. The number of hydrogen-bond donors (Lipinski definition) is 1. The summed E-state index contributed by atoms with van der Waals surface area (Å²) in [6.45, 7) is 3.50. The first kappa shape index (κ1) is 22.9. The van der Waals surface area contributed by atoms with E-state index in [-0.39, 0.29) is 10.8 Å². The van der Waals surface area contributed by atoms with Crippen LogP contribution in [0, 0.1) is 0 Å². The number of alkyl halides is 3. The number of benzene rings is 1. The Bertz CT molecular complexity index is 899. The van der Waals surface area contributed by atoms with Crippen LogP contribution in [0.4, 0.5) is 24.5 Å². The molecule has 1 atom stereocenters. The number of carbonyl (C=O) groups is 2. The predicted octanol–water partition coefficient (Wildman–Crippen LogP) is 4.36. The van der Waals surface area contributed by atoms with Crippen molar-refractivity contribution < 1.29 is 27.5 Å². The summed E-state index contributed by atoms with van der Waals surface area (Å²) in [6.07, 6.45) is -2.43. The second kappa shape index (κ2) is 10.0. The van der Waals surface area contributed by atoms with E-state index in [0.717, 1.165) is 36.6 Å². The third kappa shape index (κ3) is 6.61. The van der Waals surface area contributed by atoms with Crippen molar-refractivity contribution in [3.63, 3.8) is 0 Å². The van der Waals surface area contributed by atoms with Crippen molar-refractivity contribution >= 4 is 35.0 Å². The van der Waals surface area contributed by atoms with Gasteiger partial charge in [0.05, 0.1) is 16.3 Å². The van der Waals surface area contributed by atoms with Crippen LogP contribution in [0.1, 0.15) is 25.3 Å². The predicted molar refractivity (Wildman–Crippen MR) is 112 cm³/mol. The number of halogens is 3. The Morgan fingerprint density at radius 2 is 1.84 bits per heavy atom. The minimum atomic E-state index is -4.47. The molecule has 0 aliphatic carbocycles. The Hall–Kier alpha value is -2.75. The summed E-state index contributed by atoms with van der Waals surface area (Å²) in [5.74, 6) is -1.32. The second-order valence-electron chi connectivity index (χ2n) is 7.03. The lowest BCUT2D eigenvalue weighted by atomic mass is 10.2. The number of ether oxygens (including phenoxy) is 1. The molecule has 1 N–H and O–H groups in total. The van der Waals surface area contributed by atoms with Crippen molar-refractivity contribution in [1.29, 1.82) is 0 Å². The van der Waals surface area contributed by atoms with Gasteiger partial charge in [0.2, 0.25) is 0 Å². The van der Waals surface area contributed by atoms with Gasteiger partial charge in [-0.2, -0.15) is 13.2 Å². The Labute approximate surface area is 182 Å². The van der Waals surface area contributed by atoms with Crippen molar-refractivity contribution in [1.82, 2.24) is 4.98 Å². The largest absolute Gasteiger partial charge is 0.452 e. The summed E-state index contributed by atoms with van der Waals surface area (Å²) in [5.41, 5.74) is 0.834. The number of nitrogens with zero attached hydrogens (tertiary/aromatic N) is 2. The number of rotatable bonds is 7. The maximum atomic E-state index is 12.5. The molecule has 1 aliphatic heterocycles. The van der Waals surface area contributed by atoms with Crippen LogP contribution in [0.2, 0.25) is 0 Å². The van der Waals surface area contributed by atoms with Gasteiger partial charge in [0.1, 0.15) is 0 Å². The molecule has 0 saturated carbocycles. The first-order chi connectivity index (χ1) is 14.7. The molecule has 1 saturated heterocycles. The van der Waals surface area contributed by atoms with Gasteiger partial charge >= 0.3 is 12.1 Å². The van der Waals surface area contributed by atoms with Crippen LogP contribution < -0.4 is 10.2 Å². The topological polar surface area (TPSA) is 71.5 Å². The van der Waals surface area contributed by atoms with Gasteiger partial charge in [-0.25, -0.2) is 4.98 Å². The van der Waals surface area contributed by atoms with Crippen molar-refractivity contribution in [2.75, 3.05) is 29.1 Å². The molecule has 1 unspecified atom stereocenters. The third-order valence-corrected chi connectivity index (χ3v) is 5.60. The Morgan fingerprint density at radius 1 is 1.16 bits per heavy atom. The fraction of sp³-hybridized carbons (Fsp3) is 0.381. The molecule has 6 nitrogen and oxygen atoms in total. The van der Waals surface area contributed by atoms with E-state index >= 15 is 0 Å². The summed E-state index contributed by atoms with van der Waals surface area (Å²) >= 11 is 0.930. The lowest BCUT2D eigenvalue weighted by molar-refractivity contribution is -0.150. The van der Waals surface area contributed by atoms with Crippen LogP contribution >= 0.6 is 11.8 Å². The van der Waals surface area contributed by atoms with Crippen LogP contribution in [-0.4, -0.2) is 41.8 Å². The summed E-state index contributed by atoms with van der Waals surface area (Å²) in [4.78, 5) is 30.2. The monoisotopic (exact) mass is 453 g/mol. The van der Waals surface area contributed by atoms with E-state index in [1.165, 1.54) is 25.8 Å². The summed E-state index contributed by atoms with van der Waals surface area (Å²) in [6, 6.07) is 9.55. The zero-order chi connectivity index (χ0) is 22.4. The van der Waals surface area contributed by atoms with E-state index in [2.05, 4.69) is 15.2 Å². The molecule has 166 valence electrons. The van der Waals surface area contributed by atoms with Crippen LogP contribution in [0.3, 0.4) is 0 Å². The Balaban J connectivity index is 1.44. The molecule has 1 amide bonds. The molecular formula is C21H22F3N3O3S. The SMILES string of the molecule is CC(OC(=O)CSc1ccc(C(F)(F)F)cn1)C(=O)Nc1ccc(N2CCCC2)cc1. The minimum Gasteiger partial charge on any atom is -0.452 e. The number of esters is 1. The fourth-order valence-electron chi connectivity index (χ4n) is 3.03. The minimum absolute atomic E-state index is 0.180. The average molecular weight is 453 g/mol. The Kier molecular flexibility index (Phi) is 7.42. The fourth-order valence-corrected chi connectivity index (χ4v) is 3.65. The zero-order valence-corrected chi connectivity index (χ0v) is 17.6. The third-order valence-electron chi connectivity index (χ3n) is 4.69. The highest BCUT2D eigenvalue weighted by molar-refractivity contribution is 7.99. The lowest BCUT2D eigenvalue weighted by Gasteiger charge is -2.18. The van der Waals surface area contributed by atoms with Gasteiger partial charge in [0.15, 0.2) is 6.10 Å². The highest BCUT2D eigenvalue weighted by atomic mass is 32.2. The molecular weight excluding hydrogens is 431 g/mol. The molecule has 2 heterocycles. The van der Waals surface area contributed by atoms with Gasteiger partial charge in [-0.05, 0) is 56.2 Å². The highest BCUT2D eigenvalue weighted by Crippen LogP contribution is 2.29. The molecule has 0 bridgehead atoms. The van der Waals surface area contributed by atoms with Gasteiger partial charge < -0.3 is 15.0 Å². The highest BCUT2D eigenvalue weighted by Gasteiger charge is 2.30. The van der Waals surface area contributed by atoms with E-state index in [1.54, 1.807) is 12.1 Å². The average Bonchev–Trinajstić information content (AvgIpc) is 3.27. The first-order valence-electron chi connectivity index (χ1n) is 9.74. The zero-order valence-electron chi connectivity index (χ0n) is 16.8. The molecule has 31 heavy (non-hydrogen) atoms. The van der Waals surface area contributed by atoms with Gasteiger partial charge in [0.25, 0.3) is 5.91 Å². The van der Waals surface area contributed by atoms with E-state index in [0.29, 0.717) is 11.9 Å². The van der Waals surface area contributed by atoms with Crippen LogP contribution in [-0.2, 0) is 20.5 Å². The number of aromatic nitrogens is 1. The lowest BCUT2D eigenvalue weighted by Crippen LogP contribution is -2.30. The van der Waals surface area contributed by atoms with E-state index in [9.17, 15) is 22.8 Å². The molecule has 1 aliphatic rings. The van der Waals surface area contributed by atoms with Gasteiger partial charge in [0, 0.05) is 30.7 Å². The number of amides is 1. The van der Waals surface area contributed by atoms with E-state index < -0.39 is 29.7 Å². The maximum absolute atomic E-state index is 12.5. The quantitative estimate of drug-likeness (QED) is 0.496. The van der Waals surface area contributed by atoms with E-state index in [4.69, 9.17) is 4.74 Å². The van der Waals surface area contributed by atoms with Gasteiger partial charge in [-0.1, -0.05) is 11.8 Å². The molecule has 1 fully saturated rings. The molecule has 2 aromatic rings. The summed E-state index contributed by atoms with van der Waals surface area (Å²) in [5, 5.41) is 2.95. The molecule has 0 spiro atoms. The van der Waals surface area contributed by atoms with Crippen molar-refractivity contribution in [3.8, 4) is 0 Å². The van der Waals surface area contributed by atoms with Crippen LogP contribution in [0.5, 0.6) is 0 Å². The maximum Gasteiger partial charge on any atom is 0.417 e. The van der Waals surface area contributed by atoms with Gasteiger partial charge in [-0.3, -0.25) is 9.59 Å². The normalized spacial score (nSPS) is 14.9. The van der Waals surface area contributed by atoms with Crippen LogP contribution in [0.25, 0.3) is 0 Å². The standard InChI is InChI=1S/C21H22F3N3O3S/c1-14(20(29)26-16-5-7-17(8-6-16)27-10-2-3-11-27)30-19(28)13-31-18-9-4-15(12-25-18)21(22,23)24/h4-9,12,14H,2-3,10-11,13H2,1H3,(H,26,29). The number of nitrogens with one attached hydrogen (secondary N) is 1. The molecule has 1 aromatic carbocycles. The Morgan fingerprint density at radius 3 is 2.42 bits per heavy atom. The van der Waals surface area contributed by atoms with Gasteiger partial charge in [-0.15, -0.1) is 0 Å². The number of hydrogen-bond acceptors (Lipinski definition) is 6. The second-order valence-corrected chi connectivity index (χ2v) is 8.03. The number of carbonyl (C=O) groups excluding carboxylic acids is 2.